The van der Waals surface area contributed by atoms with Crippen LogP contribution < -0.4 is 16.0 Å². The van der Waals surface area contributed by atoms with Gasteiger partial charge in [-0.1, -0.05) is 18.2 Å². The molecule has 0 unspecified atom stereocenters. The highest BCUT2D eigenvalue weighted by Crippen LogP contribution is 2.33. The summed E-state index contributed by atoms with van der Waals surface area (Å²) in [5.41, 5.74) is 10.2. The van der Waals surface area contributed by atoms with Crippen LogP contribution in [0, 0.1) is 0 Å². The van der Waals surface area contributed by atoms with Crippen molar-refractivity contribution in [2.45, 2.75) is 37.6 Å². The summed E-state index contributed by atoms with van der Waals surface area (Å²) in [6.07, 6.45) is 6.30. The number of anilines is 2. The molecule has 4 aromatic rings. The SMILES string of the molecule is Nc1nn(C2CCN(c3ccc(C4CCNCC4)cn3)CC2)c2cc(-c3ccccc3O)nnc12. The van der Waals surface area contributed by atoms with Crippen LogP contribution in [0.1, 0.15) is 43.2 Å². The summed E-state index contributed by atoms with van der Waals surface area (Å²) in [5.74, 6) is 2.22. The molecule has 0 saturated carbocycles. The van der Waals surface area contributed by atoms with Gasteiger partial charge in [0.1, 0.15) is 11.6 Å². The number of aromatic hydroxyl groups is 1. The quantitative estimate of drug-likeness (QED) is 0.415. The van der Waals surface area contributed by atoms with E-state index in [0.29, 0.717) is 28.5 Å². The van der Waals surface area contributed by atoms with Gasteiger partial charge in [-0.2, -0.15) is 5.10 Å². The fourth-order valence-corrected chi connectivity index (χ4v) is 5.38. The molecule has 0 bridgehead atoms. The van der Waals surface area contributed by atoms with Gasteiger partial charge in [-0.3, -0.25) is 4.68 Å². The minimum Gasteiger partial charge on any atom is -0.507 e. The Morgan fingerprint density at radius 1 is 0.971 bits per heavy atom. The van der Waals surface area contributed by atoms with Crippen molar-refractivity contribution in [2.75, 3.05) is 36.8 Å². The largest absolute Gasteiger partial charge is 0.507 e. The van der Waals surface area contributed by atoms with Crippen molar-refractivity contribution in [3.8, 4) is 17.0 Å². The lowest BCUT2D eigenvalue weighted by molar-refractivity contribution is 0.376. The number of hydrogen-bond donors (Lipinski definition) is 3. The third-order valence-corrected chi connectivity index (χ3v) is 7.37. The maximum absolute atomic E-state index is 10.3. The van der Waals surface area contributed by atoms with Crippen LogP contribution in [0.2, 0.25) is 0 Å². The molecule has 2 fully saturated rings. The number of nitrogens with zero attached hydrogens (tertiary/aromatic N) is 6. The Bertz CT molecular complexity index is 1320. The van der Waals surface area contributed by atoms with Crippen LogP contribution in [0.4, 0.5) is 11.6 Å². The minimum absolute atomic E-state index is 0.173. The van der Waals surface area contributed by atoms with Gasteiger partial charge >= 0.3 is 0 Å². The molecule has 1 aromatic carbocycles. The number of para-hydroxylation sites is 1. The number of benzene rings is 1. The molecule has 5 heterocycles. The summed E-state index contributed by atoms with van der Waals surface area (Å²) in [6.45, 7) is 3.98. The number of nitrogens with one attached hydrogen (secondary N) is 1. The first-order valence-corrected chi connectivity index (χ1v) is 12.4. The summed E-state index contributed by atoms with van der Waals surface area (Å²) < 4.78 is 1.99. The third-order valence-electron chi connectivity index (χ3n) is 7.37. The molecule has 0 amide bonds. The first-order valence-electron chi connectivity index (χ1n) is 12.4. The van der Waals surface area contributed by atoms with E-state index in [1.807, 2.05) is 22.9 Å². The zero-order valence-corrected chi connectivity index (χ0v) is 19.6. The molecule has 6 rings (SSSR count). The lowest BCUT2D eigenvalue weighted by atomic mass is 9.91. The van der Waals surface area contributed by atoms with Crippen LogP contribution in [-0.4, -0.2) is 56.2 Å². The fourth-order valence-electron chi connectivity index (χ4n) is 5.38. The van der Waals surface area contributed by atoms with Gasteiger partial charge in [0.25, 0.3) is 0 Å². The van der Waals surface area contributed by atoms with E-state index in [9.17, 15) is 5.11 Å². The number of fused-ring (bicyclic) bond motifs is 1. The summed E-state index contributed by atoms with van der Waals surface area (Å²) >= 11 is 0. The van der Waals surface area contributed by atoms with Crippen molar-refractivity contribution < 1.29 is 5.11 Å². The molecule has 9 heteroatoms. The summed E-state index contributed by atoms with van der Waals surface area (Å²) in [7, 11) is 0. The van der Waals surface area contributed by atoms with Crippen LogP contribution in [0.25, 0.3) is 22.3 Å². The lowest BCUT2D eigenvalue weighted by Crippen LogP contribution is -2.35. The smallest absolute Gasteiger partial charge is 0.174 e. The van der Waals surface area contributed by atoms with Gasteiger partial charge in [0.05, 0.1) is 17.3 Å². The molecule has 35 heavy (non-hydrogen) atoms. The first-order chi connectivity index (χ1) is 17.2. The molecule has 180 valence electrons. The molecule has 4 N–H and O–H groups in total. The van der Waals surface area contributed by atoms with Crippen LogP contribution >= 0.6 is 0 Å². The molecule has 9 nitrogen and oxygen atoms in total. The predicted octanol–water partition coefficient (Wildman–Crippen LogP) is 3.48. The van der Waals surface area contributed by atoms with Crippen LogP contribution in [0.3, 0.4) is 0 Å². The standard InChI is InChI=1S/C26H30N8O/c27-26-25-22(15-21(30-31-25)20-3-1-2-4-23(20)35)34(32-26)19-9-13-33(14-10-19)24-6-5-18(16-29-24)17-7-11-28-12-8-17/h1-6,15-17,19,28,35H,7-14H2,(H2,27,32). The van der Waals surface area contributed by atoms with Gasteiger partial charge in [0.15, 0.2) is 11.3 Å². The number of piperidine rings is 2. The molecule has 2 aliphatic rings. The second kappa shape index (κ2) is 9.14. The normalized spacial score (nSPS) is 17.8. The minimum atomic E-state index is 0.173. The van der Waals surface area contributed by atoms with Gasteiger partial charge < -0.3 is 21.1 Å². The molecule has 2 aliphatic heterocycles. The average Bonchev–Trinajstić information content (AvgIpc) is 3.25. The number of hydrogen-bond acceptors (Lipinski definition) is 8. The van der Waals surface area contributed by atoms with E-state index >= 15 is 0 Å². The maximum Gasteiger partial charge on any atom is 0.174 e. The molecule has 0 spiro atoms. The van der Waals surface area contributed by atoms with Gasteiger partial charge in [-0.15, -0.1) is 10.2 Å². The highest BCUT2D eigenvalue weighted by molar-refractivity contribution is 5.87. The van der Waals surface area contributed by atoms with Crippen LogP contribution in [0.15, 0.2) is 48.7 Å². The molecular weight excluding hydrogens is 440 g/mol. The molecule has 0 atom stereocenters. The molecule has 0 aliphatic carbocycles. The van der Waals surface area contributed by atoms with Gasteiger partial charge in [-0.25, -0.2) is 4.98 Å². The Kier molecular flexibility index (Phi) is 5.69. The Morgan fingerprint density at radius 3 is 2.51 bits per heavy atom. The van der Waals surface area contributed by atoms with E-state index in [-0.39, 0.29) is 11.8 Å². The van der Waals surface area contributed by atoms with Crippen LogP contribution in [0.5, 0.6) is 5.75 Å². The summed E-state index contributed by atoms with van der Waals surface area (Å²) in [5, 5.41) is 26.9. The number of nitrogens with two attached hydrogens (primary N) is 1. The van der Waals surface area contributed by atoms with Gasteiger partial charge in [0.2, 0.25) is 0 Å². The van der Waals surface area contributed by atoms with Crippen molar-refractivity contribution in [1.29, 1.82) is 0 Å². The number of rotatable bonds is 4. The summed E-state index contributed by atoms with van der Waals surface area (Å²) in [4.78, 5) is 7.16. The van der Waals surface area contributed by atoms with Gasteiger partial charge in [0, 0.05) is 24.8 Å². The van der Waals surface area contributed by atoms with Gasteiger partial charge in [-0.05, 0) is 74.5 Å². The lowest BCUT2D eigenvalue weighted by Gasteiger charge is -2.33. The molecular formula is C26H30N8O. The Morgan fingerprint density at radius 2 is 1.77 bits per heavy atom. The average molecular weight is 471 g/mol. The molecule has 3 aromatic heterocycles. The van der Waals surface area contributed by atoms with Crippen molar-refractivity contribution in [3.63, 3.8) is 0 Å². The Hall–Kier alpha value is -3.72. The predicted molar refractivity (Wildman–Crippen MR) is 136 cm³/mol. The summed E-state index contributed by atoms with van der Waals surface area (Å²) in [6, 6.07) is 13.7. The Labute approximate surface area is 204 Å². The number of pyridine rings is 1. The third kappa shape index (κ3) is 4.16. The number of nitrogen functional groups attached to an aromatic ring is 1. The van der Waals surface area contributed by atoms with E-state index in [2.05, 4.69) is 43.8 Å². The van der Waals surface area contributed by atoms with E-state index in [4.69, 9.17) is 10.7 Å². The second-order valence-electron chi connectivity index (χ2n) is 9.50. The zero-order chi connectivity index (χ0) is 23.8. The fraction of sp³-hybridized carbons (Fsp3) is 0.385. The van der Waals surface area contributed by atoms with Crippen molar-refractivity contribution >= 4 is 22.7 Å². The monoisotopic (exact) mass is 470 g/mol. The zero-order valence-electron chi connectivity index (χ0n) is 19.6. The molecule has 2 saturated heterocycles. The van der Waals surface area contributed by atoms with Crippen molar-refractivity contribution in [1.82, 2.24) is 30.3 Å². The maximum atomic E-state index is 10.3. The second-order valence-corrected chi connectivity index (χ2v) is 9.50. The van der Waals surface area contributed by atoms with Crippen molar-refractivity contribution in [3.05, 3.63) is 54.2 Å². The number of phenols is 1. The van der Waals surface area contributed by atoms with Crippen molar-refractivity contribution in [2.24, 2.45) is 0 Å². The Balaban J connectivity index is 1.19. The van der Waals surface area contributed by atoms with E-state index in [1.54, 1.807) is 12.1 Å². The number of aromatic nitrogens is 5. The van der Waals surface area contributed by atoms with Crippen LogP contribution in [-0.2, 0) is 0 Å². The highest BCUT2D eigenvalue weighted by Gasteiger charge is 2.25. The first kappa shape index (κ1) is 21.8. The highest BCUT2D eigenvalue weighted by atomic mass is 16.3. The topological polar surface area (TPSA) is 118 Å². The van der Waals surface area contributed by atoms with E-state index in [0.717, 1.165) is 50.4 Å². The number of phenolic OH excluding ortho intramolecular Hbond substituents is 1. The van der Waals surface area contributed by atoms with E-state index < -0.39 is 0 Å². The van der Waals surface area contributed by atoms with E-state index in [1.165, 1.54) is 18.4 Å². The molecule has 0 radical (unpaired) electrons.